The molecule has 2 aromatic rings. The van der Waals surface area contributed by atoms with Gasteiger partial charge in [0.2, 0.25) is 18.6 Å². The quantitative estimate of drug-likeness (QED) is 0.506. The van der Waals surface area contributed by atoms with Crippen LogP contribution in [0.5, 0.6) is 11.5 Å². The van der Waals surface area contributed by atoms with E-state index < -0.39 is 11.0 Å². The Balaban J connectivity index is 1.52. The molecule has 0 spiro atoms. The van der Waals surface area contributed by atoms with Gasteiger partial charge in [-0.1, -0.05) is 25.3 Å². The van der Waals surface area contributed by atoms with Crippen LogP contribution in [0.15, 0.2) is 41.3 Å². The minimum absolute atomic E-state index is 0.0433. The van der Waals surface area contributed by atoms with E-state index in [1.165, 1.54) is 28.8 Å². The monoisotopic (exact) mass is 483 g/mol. The topological polar surface area (TPSA) is 111 Å². The maximum atomic E-state index is 13.7. The second kappa shape index (κ2) is 9.54. The molecule has 178 valence electrons. The third-order valence-electron chi connectivity index (χ3n) is 6.47. The lowest BCUT2D eigenvalue weighted by atomic mass is 9.94. The Kier molecular flexibility index (Phi) is 6.32. The molecule has 2 heterocycles. The van der Waals surface area contributed by atoms with Gasteiger partial charge in [-0.05, 0) is 36.6 Å². The van der Waals surface area contributed by atoms with Gasteiger partial charge in [0, 0.05) is 35.2 Å². The maximum Gasteiger partial charge on any atom is 0.269 e. The van der Waals surface area contributed by atoms with Crippen molar-refractivity contribution >= 4 is 29.3 Å². The van der Waals surface area contributed by atoms with Gasteiger partial charge < -0.3 is 19.7 Å². The van der Waals surface area contributed by atoms with Crippen LogP contribution in [0, 0.1) is 10.1 Å². The smallest absolute Gasteiger partial charge is 0.269 e. The third-order valence-corrected chi connectivity index (χ3v) is 7.55. The molecule has 0 radical (unpaired) electrons. The molecule has 10 heteroatoms. The van der Waals surface area contributed by atoms with Gasteiger partial charge in [-0.3, -0.25) is 19.7 Å². The number of amides is 2. The number of ether oxygens (including phenoxy) is 2. The first-order valence-corrected chi connectivity index (χ1v) is 12.4. The Bertz CT molecular complexity index is 1130. The first-order chi connectivity index (χ1) is 16.5. The fourth-order valence-electron chi connectivity index (χ4n) is 4.75. The minimum Gasteiger partial charge on any atom is -0.454 e. The molecule has 3 aliphatic rings. The lowest BCUT2D eigenvalue weighted by Gasteiger charge is -2.32. The Morgan fingerprint density at radius 3 is 2.71 bits per heavy atom. The molecule has 1 aliphatic carbocycles. The summed E-state index contributed by atoms with van der Waals surface area (Å²) in [6, 6.07) is 8.98. The summed E-state index contributed by atoms with van der Waals surface area (Å²) in [5, 5.41) is 14.6. The van der Waals surface area contributed by atoms with Crippen LogP contribution in [0.2, 0.25) is 0 Å². The number of hydrogen-bond acceptors (Lipinski definition) is 7. The van der Waals surface area contributed by atoms with Crippen molar-refractivity contribution in [2.24, 2.45) is 0 Å². The third kappa shape index (κ3) is 4.54. The molecule has 1 saturated carbocycles. The number of thioether (sulfide) groups is 1. The Hall–Kier alpha value is -3.27. The fourth-order valence-corrected chi connectivity index (χ4v) is 5.70. The molecule has 5 rings (SSSR count). The van der Waals surface area contributed by atoms with Crippen molar-refractivity contribution in [3.63, 3.8) is 0 Å². The highest BCUT2D eigenvalue weighted by molar-refractivity contribution is 8.00. The SMILES string of the molecule is O=C(NC1CCCCC1)C1c2cc([N+](=O)[O-])ccc2SCC(=O)N1Cc1ccc2c(c1)OCO2. The van der Waals surface area contributed by atoms with Crippen LogP contribution in [0.25, 0.3) is 0 Å². The summed E-state index contributed by atoms with van der Waals surface area (Å²) in [6.07, 6.45) is 5.03. The number of hydrogen-bond donors (Lipinski definition) is 1. The molecule has 0 saturated heterocycles. The summed E-state index contributed by atoms with van der Waals surface area (Å²) >= 11 is 1.30. The van der Waals surface area contributed by atoms with Crippen LogP contribution < -0.4 is 14.8 Å². The molecule has 0 bridgehead atoms. The minimum atomic E-state index is -0.968. The highest BCUT2D eigenvalue weighted by Crippen LogP contribution is 2.39. The number of rotatable bonds is 5. The highest BCUT2D eigenvalue weighted by Gasteiger charge is 2.37. The van der Waals surface area contributed by atoms with Crippen LogP contribution in [0.3, 0.4) is 0 Å². The number of nitro benzene ring substituents is 1. The van der Waals surface area contributed by atoms with Crippen molar-refractivity contribution in [1.82, 2.24) is 10.2 Å². The predicted molar refractivity (Wildman–Crippen MR) is 125 cm³/mol. The van der Waals surface area contributed by atoms with Crippen LogP contribution in [0.4, 0.5) is 5.69 Å². The molecule has 2 amide bonds. The number of nitrogens with zero attached hydrogens (tertiary/aromatic N) is 2. The van der Waals surface area contributed by atoms with E-state index in [-0.39, 0.29) is 42.6 Å². The lowest BCUT2D eigenvalue weighted by Crippen LogP contribution is -2.46. The van der Waals surface area contributed by atoms with E-state index in [0.717, 1.165) is 37.7 Å². The van der Waals surface area contributed by atoms with Crippen molar-refractivity contribution in [1.29, 1.82) is 0 Å². The van der Waals surface area contributed by atoms with E-state index in [9.17, 15) is 19.7 Å². The normalized spacial score (nSPS) is 19.9. The van der Waals surface area contributed by atoms with Gasteiger partial charge in [0.1, 0.15) is 6.04 Å². The molecule has 34 heavy (non-hydrogen) atoms. The van der Waals surface area contributed by atoms with Crippen molar-refractivity contribution in [2.45, 2.75) is 55.6 Å². The van der Waals surface area contributed by atoms with E-state index in [0.29, 0.717) is 22.0 Å². The standard InChI is InChI=1S/C24H25N3O6S/c28-22-13-34-21-9-7-17(27(30)31)11-18(21)23(24(29)25-16-4-2-1-3-5-16)26(22)12-15-6-8-19-20(10-15)33-14-32-19/h6-11,16,23H,1-5,12-14H2,(H,25,29). The first kappa shape index (κ1) is 22.5. The second-order valence-corrected chi connectivity index (χ2v) is 9.74. The molecule has 0 aromatic heterocycles. The van der Waals surface area contributed by atoms with E-state index in [1.807, 2.05) is 6.07 Å². The van der Waals surface area contributed by atoms with Gasteiger partial charge in [-0.15, -0.1) is 11.8 Å². The lowest BCUT2D eigenvalue weighted by molar-refractivity contribution is -0.385. The summed E-state index contributed by atoms with van der Waals surface area (Å²) in [6.45, 7) is 0.308. The van der Waals surface area contributed by atoms with Crippen molar-refractivity contribution < 1.29 is 24.0 Å². The number of benzene rings is 2. The molecule has 1 fully saturated rings. The second-order valence-electron chi connectivity index (χ2n) is 8.72. The number of nitro groups is 1. The number of fused-ring (bicyclic) bond motifs is 2. The molecule has 1 atom stereocenters. The molecule has 9 nitrogen and oxygen atoms in total. The predicted octanol–water partition coefficient (Wildman–Crippen LogP) is 3.95. The maximum absolute atomic E-state index is 13.7. The van der Waals surface area contributed by atoms with Crippen LogP contribution in [-0.4, -0.2) is 40.2 Å². The molecular formula is C24H25N3O6S. The molecule has 1 N–H and O–H groups in total. The molecule has 2 aliphatic heterocycles. The number of carbonyl (C=O) groups excluding carboxylic acids is 2. The van der Waals surface area contributed by atoms with Crippen molar-refractivity contribution in [2.75, 3.05) is 12.5 Å². The van der Waals surface area contributed by atoms with Gasteiger partial charge in [-0.25, -0.2) is 0 Å². The zero-order valence-corrected chi connectivity index (χ0v) is 19.3. The summed E-state index contributed by atoms with van der Waals surface area (Å²) in [7, 11) is 0. The van der Waals surface area contributed by atoms with E-state index in [2.05, 4.69) is 5.32 Å². The van der Waals surface area contributed by atoms with Gasteiger partial charge in [0.15, 0.2) is 11.5 Å². The summed E-state index contributed by atoms with van der Waals surface area (Å²) < 4.78 is 10.8. The summed E-state index contributed by atoms with van der Waals surface area (Å²) in [5.41, 5.74) is 1.17. The Labute approximate surface area is 200 Å². The molecular weight excluding hydrogens is 458 g/mol. The highest BCUT2D eigenvalue weighted by atomic mass is 32.2. The average Bonchev–Trinajstić information content (AvgIpc) is 3.25. The van der Waals surface area contributed by atoms with E-state index in [1.54, 1.807) is 18.2 Å². The van der Waals surface area contributed by atoms with Gasteiger partial charge >= 0.3 is 0 Å². The van der Waals surface area contributed by atoms with Gasteiger partial charge in [-0.2, -0.15) is 0 Å². The first-order valence-electron chi connectivity index (χ1n) is 11.4. The molecule has 1 unspecified atom stereocenters. The van der Waals surface area contributed by atoms with Crippen LogP contribution in [0.1, 0.15) is 49.3 Å². The largest absolute Gasteiger partial charge is 0.454 e. The van der Waals surface area contributed by atoms with Gasteiger partial charge in [0.25, 0.3) is 5.69 Å². The zero-order valence-electron chi connectivity index (χ0n) is 18.5. The Morgan fingerprint density at radius 1 is 1.12 bits per heavy atom. The van der Waals surface area contributed by atoms with E-state index >= 15 is 0 Å². The number of non-ortho nitro benzene ring substituents is 1. The molecule has 2 aromatic carbocycles. The Morgan fingerprint density at radius 2 is 1.91 bits per heavy atom. The van der Waals surface area contributed by atoms with Crippen LogP contribution in [-0.2, 0) is 16.1 Å². The zero-order chi connectivity index (χ0) is 23.7. The van der Waals surface area contributed by atoms with Gasteiger partial charge in [0.05, 0.1) is 10.7 Å². The van der Waals surface area contributed by atoms with Crippen molar-refractivity contribution in [3.05, 3.63) is 57.6 Å². The van der Waals surface area contributed by atoms with Crippen molar-refractivity contribution in [3.8, 4) is 11.5 Å². The summed E-state index contributed by atoms with van der Waals surface area (Å²) in [5.74, 6) is 0.862. The van der Waals surface area contributed by atoms with Crippen LogP contribution >= 0.6 is 11.8 Å². The number of nitrogens with one attached hydrogen (secondary N) is 1. The fraction of sp³-hybridized carbons (Fsp3) is 0.417. The number of carbonyl (C=O) groups is 2. The summed E-state index contributed by atoms with van der Waals surface area (Å²) in [4.78, 5) is 40.2. The van der Waals surface area contributed by atoms with E-state index in [4.69, 9.17) is 9.47 Å². The average molecular weight is 484 g/mol.